The highest BCUT2D eigenvalue weighted by atomic mass is 16.3. The summed E-state index contributed by atoms with van der Waals surface area (Å²) >= 11 is 0. The van der Waals surface area contributed by atoms with E-state index in [0.29, 0.717) is 0 Å². The Bertz CT molecular complexity index is 4250. The third-order valence-corrected chi connectivity index (χ3v) is 15.3. The smallest absolute Gasteiger partial charge is 0.145 e. The van der Waals surface area contributed by atoms with E-state index >= 15 is 0 Å². The number of para-hydroxylation sites is 4. The van der Waals surface area contributed by atoms with Crippen LogP contribution in [0.1, 0.15) is 48.6 Å². The lowest BCUT2D eigenvalue weighted by Gasteiger charge is -2.32. The molecule has 4 nitrogen and oxygen atoms in total. The lowest BCUT2D eigenvalue weighted by Crippen LogP contribution is -2.26. The van der Waals surface area contributed by atoms with Gasteiger partial charge in [-0.05, 0) is 117 Å². The minimum absolute atomic E-state index is 0.0207. The van der Waals surface area contributed by atoms with Crippen LogP contribution < -0.4 is 4.90 Å². The minimum Gasteiger partial charge on any atom is -0.456 e. The third kappa shape index (κ3) is 5.07. The molecule has 0 fully saturated rings. The van der Waals surface area contributed by atoms with Crippen LogP contribution >= 0.6 is 0 Å². The molecule has 13 aromatic rings. The predicted molar refractivity (Wildman–Crippen MR) is 285 cm³/mol. The molecule has 3 aromatic heterocycles. The second kappa shape index (κ2) is 13.7. The van der Waals surface area contributed by atoms with Crippen LogP contribution in [-0.4, -0.2) is 4.57 Å². The summed E-state index contributed by atoms with van der Waals surface area (Å²) in [5, 5.41) is 6.76. The summed E-state index contributed by atoms with van der Waals surface area (Å²) in [6.07, 6.45) is 0. The fourth-order valence-electron chi connectivity index (χ4n) is 12.4. The first-order chi connectivity index (χ1) is 33.9. The highest BCUT2D eigenvalue weighted by Gasteiger charge is 2.54. The first-order valence-electron chi connectivity index (χ1n) is 24.0. The molecule has 15 rings (SSSR count). The zero-order chi connectivity index (χ0) is 45.8. The Labute approximate surface area is 398 Å². The monoisotopic (exact) mass is 884 g/mol. The van der Waals surface area contributed by atoms with Crippen LogP contribution in [0, 0.1) is 0 Å². The van der Waals surface area contributed by atoms with Crippen molar-refractivity contribution in [1.29, 1.82) is 0 Å². The van der Waals surface area contributed by atoms with Crippen LogP contribution in [0.25, 0.3) is 93.6 Å². The van der Waals surface area contributed by atoms with Gasteiger partial charge in [0.1, 0.15) is 22.3 Å². The first kappa shape index (κ1) is 38.5. The lowest BCUT2D eigenvalue weighted by atomic mass is 9.70. The Hall–Kier alpha value is -8.60. The van der Waals surface area contributed by atoms with Gasteiger partial charge >= 0.3 is 0 Å². The molecular weight excluding hydrogens is 841 g/mol. The van der Waals surface area contributed by atoms with E-state index in [1.807, 2.05) is 0 Å². The fraction of sp³-hybridized carbons (Fsp3) is 0.0769. The zero-order valence-electron chi connectivity index (χ0n) is 38.4. The highest BCUT2D eigenvalue weighted by molar-refractivity contribution is 6.25. The number of hydrogen-bond acceptors (Lipinski definition) is 3. The van der Waals surface area contributed by atoms with Crippen LogP contribution in [-0.2, 0) is 10.8 Å². The molecule has 69 heavy (non-hydrogen) atoms. The largest absolute Gasteiger partial charge is 0.456 e. The van der Waals surface area contributed by atoms with Gasteiger partial charge in [-0.15, -0.1) is 0 Å². The number of nitrogens with zero attached hydrogens (tertiary/aromatic N) is 2. The van der Waals surface area contributed by atoms with Gasteiger partial charge in [0.2, 0.25) is 0 Å². The summed E-state index contributed by atoms with van der Waals surface area (Å²) in [6, 6.07) is 78.0. The average Bonchev–Trinajstić information content (AvgIpc) is 4.18. The Kier molecular flexibility index (Phi) is 7.67. The number of fused-ring (bicyclic) bond motifs is 21. The van der Waals surface area contributed by atoms with Crippen molar-refractivity contribution in [2.45, 2.75) is 31.6 Å². The number of aromatic nitrogens is 1. The van der Waals surface area contributed by atoms with Crippen molar-refractivity contribution in [2.24, 2.45) is 0 Å². The van der Waals surface area contributed by atoms with E-state index in [-0.39, 0.29) is 5.41 Å². The number of furan rings is 2. The predicted octanol–water partition coefficient (Wildman–Crippen LogP) is 17.7. The molecule has 0 saturated heterocycles. The Morgan fingerprint density at radius 1 is 0.420 bits per heavy atom. The maximum Gasteiger partial charge on any atom is 0.145 e. The molecule has 0 saturated carbocycles. The number of benzene rings is 10. The van der Waals surface area contributed by atoms with Crippen molar-refractivity contribution < 1.29 is 8.83 Å². The fourth-order valence-corrected chi connectivity index (χ4v) is 12.4. The van der Waals surface area contributed by atoms with Crippen LogP contribution in [0.5, 0.6) is 0 Å². The van der Waals surface area contributed by atoms with Gasteiger partial charge < -0.3 is 18.3 Å². The maximum atomic E-state index is 7.41. The molecule has 0 radical (unpaired) electrons. The lowest BCUT2D eigenvalue weighted by molar-refractivity contribution is 0.590. The molecule has 0 bridgehead atoms. The summed E-state index contributed by atoms with van der Waals surface area (Å²) in [5.41, 5.74) is 20.5. The van der Waals surface area contributed by atoms with Gasteiger partial charge in [-0.3, -0.25) is 0 Å². The zero-order valence-corrected chi connectivity index (χ0v) is 38.4. The van der Waals surface area contributed by atoms with Gasteiger partial charge in [0.05, 0.1) is 27.5 Å². The van der Waals surface area contributed by atoms with Crippen LogP contribution in [0.2, 0.25) is 0 Å². The molecule has 10 aromatic carbocycles. The highest BCUT2D eigenvalue weighted by Crippen LogP contribution is 2.67. The Morgan fingerprint density at radius 3 is 1.74 bits per heavy atom. The van der Waals surface area contributed by atoms with E-state index in [9.17, 15) is 0 Å². The topological polar surface area (TPSA) is 34.5 Å². The van der Waals surface area contributed by atoms with Crippen molar-refractivity contribution in [3.8, 4) is 27.9 Å². The maximum absolute atomic E-state index is 7.41. The van der Waals surface area contributed by atoms with Crippen LogP contribution in [0.3, 0.4) is 0 Å². The summed E-state index contributed by atoms with van der Waals surface area (Å²) in [5.74, 6) is 0. The van der Waals surface area contributed by atoms with E-state index in [2.05, 4.69) is 243 Å². The standard InChI is InChI=1S/C65H44N2O2/c1-64(2,3)39-29-31-41(32-30-39)66(42-33-35-54-48(37-42)45-21-9-14-26-53(45)67(54)40-17-5-4-6-18-40)55-38-52-62(63-59(55)46-22-10-16-28-57(46)69-63)61-51(34-36-58-60(61)47-23-11-15-27-56(47)68-58)65(52)49-24-12-7-19-43(49)44-20-8-13-25-50(44)65/h4-38H,1-3H3. The summed E-state index contributed by atoms with van der Waals surface area (Å²) in [6.45, 7) is 6.85. The Morgan fingerprint density at radius 2 is 1.01 bits per heavy atom. The van der Waals surface area contributed by atoms with E-state index < -0.39 is 5.41 Å². The quantitative estimate of drug-likeness (QED) is 0.177. The number of anilines is 3. The second-order valence-electron chi connectivity index (χ2n) is 19.9. The van der Waals surface area contributed by atoms with Crippen molar-refractivity contribution in [2.75, 3.05) is 4.90 Å². The molecule has 0 N–H and O–H groups in total. The van der Waals surface area contributed by atoms with Crippen molar-refractivity contribution in [3.05, 3.63) is 240 Å². The van der Waals surface area contributed by atoms with Gasteiger partial charge in [0.15, 0.2) is 0 Å². The third-order valence-electron chi connectivity index (χ3n) is 15.3. The summed E-state index contributed by atoms with van der Waals surface area (Å²) in [7, 11) is 0. The normalized spacial score (nSPS) is 13.6. The molecule has 4 heteroatoms. The molecule has 2 aliphatic rings. The van der Waals surface area contributed by atoms with E-state index in [1.54, 1.807) is 0 Å². The minimum atomic E-state index is -0.666. The molecular formula is C65H44N2O2. The van der Waals surface area contributed by atoms with E-state index in [1.165, 1.54) is 60.8 Å². The Balaban J connectivity index is 1.12. The average molecular weight is 885 g/mol. The first-order valence-corrected chi connectivity index (χ1v) is 24.0. The van der Waals surface area contributed by atoms with E-state index in [0.717, 1.165) is 77.7 Å². The number of hydrogen-bond donors (Lipinski definition) is 0. The summed E-state index contributed by atoms with van der Waals surface area (Å²) in [4.78, 5) is 2.50. The van der Waals surface area contributed by atoms with Crippen LogP contribution in [0.4, 0.5) is 17.1 Å². The van der Waals surface area contributed by atoms with Gasteiger partial charge in [-0.1, -0.05) is 160 Å². The second-order valence-corrected chi connectivity index (χ2v) is 19.9. The molecule has 0 amide bonds. The van der Waals surface area contributed by atoms with Gasteiger partial charge in [0.25, 0.3) is 0 Å². The van der Waals surface area contributed by atoms with Gasteiger partial charge in [-0.2, -0.15) is 0 Å². The molecule has 0 atom stereocenters. The van der Waals surface area contributed by atoms with Gasteiger partial charge in [0, 0.05) is 55.1 Å². The van der Waals surface area contributed by atoms with Crippen molar-refractivity contribution in [3.63, 3.8) is 0 Å². The molecule has 0 aliphatic heterocycles. The van der Waals surface area contributed by atoms with Crippen molar-refractivity contribution in [1.82, 2.24) is 4.57 Å². The van der Waals surface area contributed by atoms with Gasteiger partial charge in [-0.25, -0.2) is 0 Å². The molecule has 1 spiro atoms. The molecule has 2 aliphatic carbocycles. The molecule has 326 valence electrons. The number of rotatable bonds is 4. The SMILES string of the molecule is CC(C)(C)c1ccc(N(c2ccc3c(c2)c2ccccc2n3-c2ccccc2)c2cc3c(c4oc5ccccc5c24)-c2c(ccc4oc5ccccc5c24)C32c3ccccc3-c3ccccc32)cc1. The van der Waals surface area contributed by atoms with Crippen molar-refractivity contribution >= 4 is 82.7 Å². The molecule has 0 unspecified atom stereocenters. The molecule has 3 heterocycles. The van der Waals surface area contributed by atoms with Crippen LogP contribution in [0.15, 0.2) is 221 Å². The summed E-state index contributed by atoms with van der Waals surface area (Å²) < 4.78 is 16.5. The van der Waals surface area contributed by atoms with E-state index in [4.69, 9.17) is 8.83 Å².